The Kier molecular flexibility index (Phi) is 2.06. The lowest BCUT2D eigenvalue weighted by Gasteiger charge is -2.04. The van der Waals surface area contributed by atoms with Crippen molar-refractivity contribution in [2.75, 3.05) is 6.61 Å². The molecule has 0 saturated heterocycles. The third-order valence-electron chi connectivity index (χ3n) is 1.36. The molecule has 1 rings (SSSR count). The summed E-state index contributed by atoms with van der Waals surface area (Å²) in [6.45, 7) is 2.28. The smallest absolute Gasteiger partial charge is 0.213 e. The van der Waals surface area contributed by atoms with Gasteiger partial charge in [0.2, 0.25) is 5.78 Å². The van der Waals surface area contributed by atoms with Gasteiger partial charge in [0.1, 0.15) is 0 Å². The Morgan fingerprint density at radius 2 is 2.60 bits per heavy atom. The molecule has 3 heteroatoms. The maximum Gasteiger partial charge on any atom is 0.213 e. The highest BCUT2D eigenvalue weighted by Crippen LogP contribution is 2.10. The number of ketones is 1. The van der Waals surface area contributed by atoms with Crippen LogP contribution < -0.4 is 5.73 Å². The summed E-state index contributed by atoms with van der Waals surface area (Å²) in [4.78, 5) is 11.0. The van der Waals surface area contributed by atoms with E-state index in [2.05, 4.69) is 0 Å². The number of carbonyl (C=O) groups excluding carboxylic acids is 1. The molecule has 0 radical (unpaired) electrons. The fourth-order valence-electron chi connectivity index (χ4n) is 0.814. The third kappa shape index (κ3) is 1.36. The van der Waals surface area contributed by atoms with E-state index < -0.39 is 6.04 Å². The molecule has 0 aromatic carbocycles. The maximum absolute atomic E-state index is 11.0. The predicted octanol–water partition coefficient (Wildman–Crippen LogP) is 0.207. The van der Waals surface area contributed by atoms with Crippen LogP contribution in [0.1, 0.15) is 13.3 Å². The normalized spacial score (nSPS) is 19.6. The molecular weight excluding hydrogens is 130 g/mol. The molecule has 1 atom stereocenters. The molecule has 1 aliphatic heterocycles. The van der Waals surface area contributed by atoms with E-state index in [9.17, 15) is 4.79 Å². The minimum atomic E-state index is -0.440. The number of hydrogen-bond donors (Lipinski definition) is 1. The number of carbonyl (C=O) groups is 1. The van der Waals surface area contributed by atoms with Gasteiger partial charge < -0.3 is 10.5 Å². The van der Waals surface area contributed by atoms with E-state index in [-0.39, 0.29) is 5.78 Å². The summed E-state index contributed by atoms with van der Waals surface area (Å²) in [6, 6.07) is -0.440. The SMILES string of the molecule is CC(N)C(=O)C1=CCCO1. The zero-order valence-corrected chi connectivity index (χ0v) is 5.96. The summed E-state index contributed by atoms with van der Waals surface area (Å²) >= 11 is 0. The van der Waals surface area contributed by atoms with Crippen LogP contribution in [0.2, 0.25) is 0 Å². The van der Waals surface area contributed by atoms with Crippen molar-refractivity contribution in [3.05, 3.63) is 11.8 Å². The largest absolute Gasteiger partial charge is 0.490 e. The zero-order valence-electron chi connectivity index (χ0n) is 5.96. The molecule has 0 amide bonds. The first kappa shape index (κ1) is 7.28. The van der Waals surface area contributed by atoms with Gasteiger partial charge in [0.25, 0.3) is 0 Å². The van der Waals surface area contributed by atoms with E-state index in [1.54, 1.807) is 13.0 Å². The van der Waals surface area contributed by atoms with E-state index in [4.69, 9.17) is 10.5 Å². The summed E-state index contributed by atoms with van der Waals surface area (Å²) in [5, 5.41) is 0. The molecule has 0 fully saturated rings. The summed E-state index contributed by atoms with van der Waals surface area (Å²) in [7, 11) is 0. The number of rotatable bonds is 2. The van der Waals surface area contributed by atoms with Crippen LogP contribution in [0.15, 0.2) is 11.8 Å². The standard InChI is InChI=1S/C7H11NO2/c1-5(8)7(9)6-3-2-4-10-6/h3,5H,2,4,8H2,1H3. The summed E-state index contributed by atoms with van der Waals surface area (Å²) in [5.41, 5.74) is 5.35. The Balaban J connectivity index is 2.56. The lowest BCUT2D eigenvalue weighted by atomic mass is 10.2. The number of hydrogen-bond acceptors (Lipinski definition) is 3. The monoisotopic (exact) mass is 141 g/mol. The Hall–Kier alpha value is -0.830. The van der Waals surface area contributed by atoms with Crippen molar-refractivity contribution in [3.63, 3.8) is 0 Å². The van der Waals surface area contributed by atoms with Crippen molar-refractivity contribution in [3.8, 4) is 0 Å². The molecule has 1 unspecified atom stereocenters. The second kappa shape index (κ2) is 2.84. The van der Waals surface area contributed by atoms with Gasteiger partial charge in [0.05, 0.1) is 12.6 Å². The fraction of sp³-hybridized carbons (Fsp3) is 0.571. The molecule has 56 valence electrons. The molecule has 1 heterocycles. The first-order valence-corrected chi connectivity index (χ1v) is 3.34. The molecule has 0 spiro atoms. The van der Waals surface area contributed by atoms with Crippen molar-refractivity contribution < 1.29 is 9.53 Å². The van der Waals surface area contributed by atoms with Gasteiger partial charge in [-0.25, -0.2) is 0 Å². The average molecular weight is 141 g/mol. The van der Waals surface area contributed by atoms with Crippen molar-refractivity contribution in [1.29, 1.82) is 0 Å². The van der Waals surface area contributed by atoms with Crippen LogP contribution in [-0.2, 0) is 9.53 Å². The van der Waals surface area contributed by atoms with E-state index in [0.29, 0.717) is 12.4 Å². The number of Topliss-reactive ketones (excluding diaryl/α,β-unsaturated/α-hetero) is 1. The Morgan fingerprint density at radius 3 is 3.00 bits per heavy atom. The zero-order chi connectivity index (χ0) is 7.56. The molecule has 10 heavy (non-hydrogen) atoms. The van der Waals surface area contributed by atoms with Gasteiger partial charge in [-0.3, -0.25) is 4.79 Å². The topological polar surface area (TPSA) is 52.3 Å². The number of nitrogens with two attached hydrogens (primary N) is 1. The van der Waals surface area contributed by atoms with Gasteiger partial charge >= 0.3 is 0 Å². The van der Waals surface area contributed by atoms with Gasteiger partial charge in [-0.1, -0.05) is 0 Å². The van der Waals surface area contributed by atoms with E-state index in [0.717, 1.165) is 6.42 Å². The molecule has 2 N–H and O–H groups in total. The predicted molar refractivity (Wildman–Crippen MR) is 37.3 cm³/mol. The van der Waals surface area contributed by atoms with Gasteiger partial charge in [-0.15, -0.1) is 0 Å². The third-order valence-corrected chi connectivity index (χ3v) is 1.36. The van der Waals surface area contributed by atoms with Crippen LogP contribution in [0.4, 0.5) is 0 Å². The molecule has 1 aliphatic rings. The minimum Gasteiger partial charge on any atom is -0.490 e. The Bertz CT molecular complexity index is 172. The lowest BCUT2D eigenvalue weighted by Crippen LogP contribution is -2.28. The van der Waals surface area contributed by atoms with E-state index >= 15 is 0 Å². The van der Waals surface area contributed by atoms with Crippen LogP contribution in [0.5, 0.6) is 0 Å². The van der Waals surface area contributed by atoms with Gasteiger partial charge in [0.15, 0.2) is 5.76 Å². The van der Waals surface area contributed by atoms with Crippen molar-refractivity contribution in [2.45, 2.75) is 19.4 Å². The fourth-order valence-corrected chi connectivity index (χ4v) is 0.814. The van der Waals surface area contributed by atoms with Crippen LogP contribution in [0, 0.1) is 0 Å². The second-order valence-corrected chi connectivity index (χ2v) is 2.36. The van der Waals surface area contributed by atoms with E-state index in [1.165, 1.54) is 0 Å². The quantitative estimate of drug-likeness (QED) is 0.598. The summed E-state index contributed by atoms with van der Waals surface area (Å²) in [6.07, 6.45) is 2.61. The highest BCUT2D eigenvalue weighted by atomic mass is 16.5. The molecular formula is C7H11NO2. The van der Waals surface area contributed by atoms with Crippen LogP contribution in [0.3, 0.4) is 0 Å². The van der Waals surface area contributed by atoms with Gasteiger partial charge in [0, 0.05) is 6.42 Å². The lowest BCUT2D eigenvalue weighted by molar-refractivity contribution is -0.119. The van der Waals surface area contributed by atoms with Gasteiger partial charge in [-0.2, -0.15) is 0 Å². The average Bonchev–Trinajstić information content (AvgIpc) is 2.36. The number of ether oxygens (including phenoxy) is 1. The maximum atomic E-state index is 11.0. The van der Waals surface area contributed by atoms with Crippen molar-refractivity contribution in [1.82, 2.24) is 0 Å². The Morgan fingerprint density at radius 1 is 1.90 bits per heavy atom. The molecule has 0 aromatic rings. The highest BCUT2D eigenvalue weighted by Gasteiger charge is 2.17. The highest BCUT2D eigenvalue weighted by molar-refractivity contribution is 5.97. The summed E-state index contributed by atoms with van der Waals surface area (Å²) in [5.74, 6) is 0.340. The molecule has 3 nitrogen and oxygen atoms in total. The second-order valence-electron chi connectivity index (χ2n) is 2.36. The molecule has 0 bridgehead atoms. The van der Waals surface area contributed by atoms with Crippen molar-refractivity contribution >= 4 is 5.78 Å². The van der Waals surface area contributed by atoms with Gasteiger partial charge in [-0.05, 0) is 13.0 Å². The molecule has 0 aliphatic carbocycles. The Labute approximate surface area is 59.8 Å². The van der Waals surface area contributed by atoms with E-state index in [1.807, 2.05) is 0 Å². The summed E-state index contributed by atoms with van der Waals surface area (Å²) < 4.78 is 5.01. The molecule has 0 aromatic heterocycles. The first-order valence-electron chi connectivity index (χ1n) is 3.34. The molecule has 0 saturated carbocycles. The van der Waals surface area contributed by atoms with Crippen LogP contribution in [0.25, 0.3) is 0 Å². The van der Waals surface area contributed by atoms with Crippen LogP contribution in [-0.4, -0.2) is 18.4 Å². The minimum absolute atomic E-state index is 0.0995. The van der Waals surface area contributed by atoms with Crippen molar-refractivity contribution in [2.24, 2.45) is 5.73 Å². The van der Waals surface area contributed by atoms with Crippen LogP contribution >= 0.6 is 0 Å². The first-order chi connectivity index (χ1) is 4.72.